The van der Waals surface area contributed by atoms with Gasteiger partial charge in [-0.3, -0.25) is 0 Å². The van der Waals surface area contributed by atoms with Crippen LogP contribution in [-0.4, -0.2) is 25.5 Å². The molecule has 1 saturated heterocycles. The second kappa shape index (κ2) is 5.71. The molecule has 1 aliphatic rings. The summed E-state index contributed by atoms with van der Waals surface area (Å²) in [6.45, 7) is 4.49. The minimum Gasteiger partial charge on any atom is -0.502 e. The van der Waals surface area contributed by atoms with E-state index in [9.17, 15) is 8.42 Å². The summed E-state index contributed by atoms with van der Waals surface area (Å²) in [5, 5.41) is 0. The van der Waals surface area contributed by atoms with E-state index in [4.69, 9.17) is 4.74 Å². The molecule has 0 spiro atoms. The maximum absolute atomic E-state index is 12.0. The van der Waals surface area contributed by atoms with Gasteiger partial charge in [0.1, 0.15) is 0 Å². The third-order valence-corrected chi connectivity index (χ3v) is 6.32. The van der Waals surface area contributed by atoms with Crippen molar-refractivity contribution >= 4 is 9.84 Å². The summed E-state index contributed by atoms with van der Waals surface area (Å²) in [6, 6.07) is 0. The van der Waals surface area contributed by atoms with E-state index in [0.717, 1.165) is 32.1 Å². The smallest absolute Gasteiger partial charge is 0.155 e. The molecular weight excluding hydrogens is 224 g/mol. The highest BCUT2D eigenvalue weighted by Gasteiger charge is 2.45. The van der Waals surface area contributed by atoms with Gasteiger partial charge in [0.05, 0.1) is 23.4 Å². The number of allylic oxidation sites excluding steroid dienone is 1. The summed E-state index contributed by atoms with van der Waals surface area (Å²) in [7, 11) is -2.87. The molecular formula is C12H22O3S. The van der Waals surface area contributed by atoms with Gasteiger partial charge in [0.15, 0.2) is 9.84 Å². The summed E-state index contributed by atoms with van der Waals surface area (Å²) in [5.41, 5.74) is 0. The number of ether oxygens (including phenoxy) is 1. The van der Waals surface area contributed by atoms with Gasteiger partial charge in [-0.05, 0) is 39.0 Å². The van der Waals surface area contributed by atoms with Crippen LogP contribution in [0.15, 0.2) is 12.3 Å². The van der Waals surface area contributed by atoms with E-state index < -0.39 is 14.6 Å². The van der Waals surface area contributed by atoms with Gasteiger partial charge in [-0.15, -0.1) is 0 Å². The molecule has 1 aliphatic heterocycles. The molecule has 1 unspecified atom stereocenters. The Bertz CT molecular complexity index is 332. The third kappa shape index (κ3) is 2.78. The first-order valence-electron chi connectivity index (χ1n) is 6.03. The van der Waals surface area contributed by atoms with Crippen molar-refractivity contribution in [3.05, 3.63) is 12.3 Å². The molecule has 0 aromatic rings. The summed E-state index contributed by atoms with van der Waals surface area (Å²) in [4.78, 5) is 0. The van der Waals surface area contributed by atoms with E-state index in [1.807, 2.05) is 19.9 Å². The molecule has 1 heterocycles. The average molecular weight is 246 g/mol. The zero-order chi connectivity index (χ0) is 12.1. The maximum atomic E-state index is 12.0. The first-order valence-corrected chi connectivity index (χ1v) is 7.68. The van der Waals surface area contributed by atoms with E-state index in [1.54, 1.807) is 6.26 Å². The molecule has 1 rings (SSSR count). The molecule has 0 radical (unpaired) electrons. The maximum Gasteiger partial charge on any atom is 0.155 e. The third-order valence-electron chi connectivity index (χ3n) is 3.48. The number of hydrogen-bond donors (Lipinski definition) is 0. The molecule has 3 nitrogen and oxygen atoms in total. The van der Waals surface area contributed by atoms with Crippen LogP contribution in [0.3, 0.4) is 0 Å². The van der Waals surface area contributed by atoms with Gasteiger partial charge < -0.3 is 4.74 Å². The van der Waals surface area contributed by atoms with Gasteiger partial charge in [0.25, 0.3) is 0 Å². The topological polar surface area (TPSA) is 43.4 Å². The fourth-order valence-electron chi connectivity index (χ4n) is 2.45. The minimum absolute atomic E-state index is 0.372. The molecule has 0 N–H and O–H groups in total. The van der Waals surface area contributed by atoms with Crippen molar-refractivity contribution in [3.8, 4) is 0 Å². The van der Waals surface area contributed by atoms with Gasteiger partial charge in [-0.1, -0.05) is 13.0 Å². The van der Waals surface area contributed by atoms with Crippen LogP contribution in [0.1, 0.15) is 46.0 Å². The Hall–Kier alpha value is -0.510. The average Bonchev–Trinajstić information content (AvgIpc) is 2.54. The van der Waals surface area contributed by atoms with Crippen molar-refractivity contribution in [3.63, 3.8) is 0 Å². The second-order valence-electron chi connectivity index (χ2n) is 4.40. The van der Waals surface area contributed by atoms with E-state index in [1.165, 1.54) is 0 Å². The van der Waals surface area contributed by atoms with Crippen LogP contribution in [0.4, 0.5) is 0 Å². The molecule has 4 heteroatoms. The lowest BCUT2D eigenvalue weighted by atomic mass is 9.95. The molecule has 0 saturated carbocycles. The molecule has 16 heavy (non-hydrogen) atoms. The van der Waals surface area contributed by atoms with E-state index in [2.05, 4.69) is 0 Å². The first kappa shape index (κ1) is 13.6. The highest BCUT2D eigenvalue weighted by Crippen LogP contribution is 2.39. The Morgan fingerprint density at radius 2 is 2.19 bits per heavy atom. The van der Waals surface area contributed by atoms with Gasteiger partial charge in [-0.25, -0.2) is 8.42 Å². The van der Waals surface area contributed by atoms with Crippen molar-refractivity contribution in [1.82, 2.24) is 0 Å². The molecule has 0 aromatic carbocycles. The summed E-state index contributed by atoms with van der Waals surface area (Å²) < 4.78 is 28.7. The van der Waals surface area contributed by atoms with Crippen LogP contribution >= 0.6 is 0 Å². The van der Waals surface area contributed by atoms with E-state index in [-0.39, 0.29) is 0 Å². The number of hydrogen-bond acceptors (Lipinski definition) is 3. The van der Waals surface area contributed by atoms with Gasteiger partial charge in [0, 0.05) is 0 Å². The largest absolute Gasteiger partial charge is 0.502 e. The molecule has 1 atom stereocenters. The zero-order valence-corrected chi connectivity index (χ0v) is 11.1. The quantitative estimate of drug-likeness (QED) is 0.534. The Balaban J connectivity index is 2.49. The van der Waals surface area contributed by atoms with Crippen molar-refractivity contribution in [2.75, 3.05) is 12.4 Å². The number of rotatable bonds is 6. The summed E-state index contributed by atoms with van der Waals surface area (Å²) in [5.74, 6) is 0.372. The van der Waals surface area contributed by atoms with Crippen LogP contribution in [0, 0.1) is 0 Å². The Morgan fingerprint density at radius 3 is 2.69 bits per heavy atom. The standard InChI is InChI=1S/C12H22O3S/c1-3-9-15-10-5-7-12(4-2)8-6-11-16(12,13)14/h3,9H,4-8,10-11H2,1-2H3/b9-3+. The zero-order valence-electron chi connectivity index (χ0n) is 10.2. The highest BCUT2D eigenvalue weighted by atomic mass is 32.2. The predicted molar refractivity (Wildman–Crippen MR) is 66.0 cm³/mol. The number of sulfone groups is 1. The van der Waals surface area contributed by atoms with Gasteiger partial charge in [-0.2, -0.15) is 0 Å². The van der Waals surface area contributed by atoms with Crippen LogP contribution in [-0.2, 0) is 14.6 Å². The van der Waals surface area contributed by atoms with Gasteiger partial charge >= 0.3 is 0 Å². The fraction of sp³-hybridized carbons (Fsp3) is 0.833. The lowest BCUT2D eigenvalue weighted by molar-refractivity contribution is 0.233. The van der Waals surface area contributed by atoms with Crippen LogP contribution < -0.4 is 0 Å². The molecule has 0 amide bonds. The molecule has 0 aromatic heterocycles. The Labute approximate surface area is 98.8 Å². The lowest BCUT2D eigenvalue weighted by Gasteiger charge is -2.26. The summed E-state index contributed by atoms with van der Waals surface area (Å²) in [6.07, 6.45) is 7.44. The van der Waals surface area contributed by atoms with Crippen LogP contribution in [0.5, 0.6) is 0 Å². The van der Waals surface area contributed by atoms with Crippen molar-refractivity contribution < 1.29 is 13.2 Å². The van der Waals surface area contributed by atoms with Crippen LogP contribution in [0.25, 0.3) is 0 Å². The molecule has 0 aliphatic carbocycles. The lowest BCUT2D eigenvalue weighted by Crippen LogP contribution is -2.34. The van der Waals surface area contributed by atoms with Crippen LogP contribution in [0.2, 0.25) is 0 Å². The Morgan fingerprint density at radius 1 is 1.44 bits per heavy atom. The summed E-state index contributed by atoms with van der Waals surface area (Å²) >= 11 is 0. The monoisotopic (exact) mass is 246 g/mol. The molecule has 94 valence electrons. The van der Waals surface area contributed by atoms with Crippen molar-refractivity contribution in [2.24, 2.45) is 0 Å². The highest BCUT2D eigenvalue weighted by molar-refractivity contribution is 7.93. The van der Waals surface area contributed by atoms with Gasteiger partial charge in [0.2, 0.25) is 0 Å². The second-order valence-corrected chi connectivity index (χ2v) is 6.91. The molecule has 0 bridgehead atoms. The van der Waals surface area contributed by atoms with E-state index >= 15 is 0 Å². The normalized spacial score (nSPS) is 28.6. The SMILES string of the molecule is C/C=C/OCCCC1(CC)CCCS1(=O)=O. The van der Waals surface area contributed by atoms with Crippen molar-refractivity contribution in [2.45, 2.75) is 50.7 Å². The molecule has 1 fully saturated rings. The first-order chi connectivity index (χ1) is 7.58. The van der Waals surface area contributed by atoms with Crippen molar-refractivity contribution in [1.29, 1.82) is 0 Å². The predicted octanol–water partition coefficient (Wildman–Crippen LogP) is 2.67. The fourth-order valence-corrected chi connectivity index (χ4v) is 4.76. The minimum atomic E-state index is -2.87. The van der Waals surface area contributed by atoms with E-state index in [0.29, 0.717) is 12.4 Å². The Kier molecular flexibility index (Phi) is 4.84.